The Balaban J connectivity index is 1.77. The van der Waals surface area contributed by atoms with Crippen LogP contribution in [0.2, 0.25) is 0 Å². The van der Waals surface area contributed by atoms with Gasteiger partial charge in [-0.2, -0.15) is 13.2 Å². The lowest BCUT2D eigenvalue weighted by atomic mass is 9.97. The number of rotatable bonds is 7. The van der Waals surface area contributed by atoms with Gasteiger partial charge in [0.05, 0.1) is 5.56 Å². The van der Waals surface area contributed by atoms with E-state index in [-0.39, 0.29) is 17.9 Å². The van der Waals surface area contributed by atoms with Crippen LogP contribution in [0.15, 0.2) is 67.4 Å². The van der Waals surface area contributed by atoms with Gasteiger partial charge in [-0.25, -0.2) is 4.98 Å². The first-order valence-electron chi connectivity index (χ1n) is 10.5. The van der Waals surface area contributed by atoms with E-state index in [1.54, 1.807) is 43.3 Å². The summed E-state index contributed by atoms with van der Waals surface area (Å²) in [5.41, 5.74) is 1.60. The van der Waals surface area contributed by atoms with Crippen molar-refractivity contribution in [3.63, 3.8) is 0 Å². The average molecular weight is 468 g/mol. The number of anilines is 1. The molecule has 0 aliphatic heterocycles. The molecule has 2 aromatic carbocycles. The lowest BCUT2D eigenvalue weighted by Gasteiger charge is -2.13. The fourth-order valence-electron chi connectivity index (χ4n) is 3.20. The van der Waals surface area contributed by atoms with E-state index in [0.29, 0.717) is 34.4 Å². The predicted octanol–water partition coefficient (Wildman–Crippen LogP) is 6.43. The number of esters is 1. The minimum Gasteiger partial charge on any atom is -0.424 e. The quantitative estimate of drug-likeness (QED) is 0.406. The van der Waals surface area contributed by atoms with Gasteiger partial charge in [-0.3, -0.25) is 9.59 Å². The number of benzene rings is 2. The molecule has 1 aromatic heterocycles. The average Bonchev–Trinajstić information content (AvgIpc) is 2.80. The molecule has 176 valence electrons. The van der Waals surface area contributed by atoms with Gasteiger partial charge in [-0.15, -0.1) is 0 Å². The van der Waals surface area contributed by atoms with Gasteiger partial charge in [0.2, 0.25) is 0 Å². The van der Waals surface area contributed by atoms with Crippen molar-refractivity contribution in [3.8, 4) is 5.75 Å². The highest BCUT2D eigenvalue weighted by molar-refractivity contribution is 6.05. The molecular formula is C26H23F3N2O3. The van der Waals surface area contributed by atoms with Crippen molar-refractivity contribution >= 4 is 23.1 Å². The second kappa shape index (κ2) is 10.3. The van der Waals surface area contributed by atoms with Gasteiger partial charge in [0.25, 0.3) is 5.91 Å². The molecule has 0 radical (unpaired) electrons. The number of aromatic nitrogens is 1. The van der Waals surface area contributed by atoms with Crippen LogP contribution in [0.5, 0.6) is 5.75 Å². The summed E-state index contributed by atoms with van der Waals surface area (Å²) in [5, 5.41) is 2.69. The molecule has 0 spiro atoms. The Hall–Kier alpha value is -3.94. The Morgan fingerprint density at radius 1 is 1.06 bits per heavy atom. The van der Waals surface area contributed by atoms with Crippen molar-refractivity contribution in [2.45, 2.75) is 32.9 Å². The molecule has 0 fully saturated rings. The van der Waals surface area contributed by atoms with E-state index in [1.165, 1.54) is 12.3 Å². The molecule has 3 rings (SSSR count). The molecule has 1 N–H and O–H groups in total. The summed E-state index contributed by atoms with van der Waals surface area (Å²) < 4.78 is 44.4. The molecule has 0 aliphatic carbocycles. The maximum Gasteiger partial charge on any atom is 0.416 e. The Kier molecular flexibility index (Phi) is 7.50. The largest absolute Gasteiger partial charge is 0.424 e. The van der Waals surface area contributed by atoms with Crippen molar-refractivity contribution in [2.24, 2.45) is 0 Å². The molecule has 0 saturated carbocycles. The molecule has 34 heavy (non-hydrogen) atoms. The molecular weight excluding hydrogens is 445 g/mol. The van der Waals surface area contributed by atoms with Crippen LogP contribution in [0.25, 0.3) is 5.57 Å². The summed E-state index contributed by atoms with van der Waals surface area (Å²) in [4.78, 5) is 28.8. The third-order valence-electron chi connectivity index (χ3n) is 5.02. The van der Waals surface area contributed by atoms with Crippen LogP contribution in [-0.2, 0) is 11.0 Å². The summed E-state index contributed by atoms with van der Waals surface area (Å²) in [6.07, 6.45) is -2.17. The Bertz CT molecular complexity index is 1220. The van der Waals surface area contributed by atoms with Crippen LogP contribution in [0.4, 0.5) is 18.9 Å². The fraction of sp³-hybridized carbons (Fsp3) is 0.192. The van der Waals surface area contributed by atoms with E-state index in [4.69, 9.17) is 4.74 Å². The van der Waals surface area contributed by atoms with E-state index < -0.39 is 23.6 Å². The highest BCUT2D eigenvalue weighted by atomic mass is 19.4. The Morgan fingerprint density at radius 2 is 1.76 bits per heavy atom. The number of hydrogen-bond donors (Lipinski definition) is 1. The fourth-order valence-corrected chi connectivity index (χ4v) is 3.20. The molecule has 5 nitrogen and oxygen atoms in total. The van der Waals surface area contributed by atoms with E-state index in [0.717, 1.165) is 12.1 Å². The maximum absolute atomic E-state index is 13.0. The number of alkyl halides is 3. The first kappa shape index (κ1) is 24.7. The smallest absolute Gasteiger partial charge is 0.416 e. The Labute approximate surface area is 195 Å². The number of halogens is 3. The van der Waals surface area contributed by atoms with E-state index in [9.17, 15) is 22.8 Å². The summed E-state index contributed by atoms with van der Waals surface area (Å²) in [7, 11) is 0. The SMILES string of the molecule is C=C(c1ccc(NC(=O)c2nccc(C)c2OC(=O)CCC)cc1)c1cccc(C(F)(F)F)c1. The number of nitrogens with zero attached hydrogens (tertiary/aromatic N) is 1. The van der Waals surface area contributed by atoms with Gasteiger partial charge in [-0.05, 0) is 65.9 Å². The number of amides is 1. The molecule has 8 heteroatoms. The van der Waals surface area contributed by atoms with Gasteiger partial charge in [0.15, 0.2) is 11.4 Å². The number of hydrogen-bond acceptors (Lipinski definition) is 4. The molecule has 0 bridgehead atoms. The zero-order valence-corrected chi connectivity index (χ0v) is 18.7. The topological polar surface area (TPSA) is 68.3 Å². The van der Waals surface area contributed by atoms with Gasteiger partial charge in [0.1, 0.15) is 0 Å². The summed E-state index contributed by atoms with van der Waals surface area (Å²) in [5.74, 6) is -0.912. The van der Waals surface area contributed by atoms with E-state index in [2.05, 4.69) is 16.9 Å². The number of carbonyl (C=O) groups is 2. The number of pyridine rings is 1. The number of nitrogens with one attached hydrogen (secondary N) is 1. The van der Waals surface area contributed by atoms with Crippen molar-refractivity contribution < 1.29 is 27.5 Å². The summed E-state index contributed by atoms with van der Waals surface area (Å²) >= 11 is 0. The standard InChI is InChI=1S/C26H23F3N2O3/c1-4-6-22(32)34-24-16(2)13-14-30-23(24)25(33)31-21-11-9-18(10-12-21)17(3)19-7-5-8-20(15-19)26(27,28)29/h5,7-15H,3-4,6H2,1-2H3,(H,31,33). The van der Waals surface area contributed by atoms with E-state index in [1.807, 2.05) is 6.92 Å². The second-order valence-corrected chi connectivity index (χ2v) is 7.62. The molecule has 0 saturated heterocycles. The number of carbonyl (C=O) groups excluding carboxylic acids is 2. The minimum absolute atomic E-state index is 0.0260. The molecule has 1 heterocycles. The van der Waals surface area contributed by atoms with Crippen LogP contribution in [0.3, 0.4) is 0 Å². The van der Waals surface area contributed by atoms with Crippen LogP contribution in [-0.4, -0.2) is 16.9 Å². The highest BCUT2D eigenvalue weighted by Gasteiger charge is 2.30. The highest BCUT2D eigenvalue weighted by Crippen LogP contribution is 2.32. The monoisotopic (exact) mass is 468 g/mol. The van der Waals surface area contributed by atoms with Gasteiger partial charge >= 0.3 is 12.1 Å². The first-order chi connectivity index (χ1) is 16.1. The Morgan fingerprint density at radius 3 is 2.41 bits per heavy atom. The molecule has 0 unspecified atom stereocenters. The van der Waals surface area contributed by atoms with Gasteiger partial charge < -0.3 is 10.1 Å². The van der Waals surface area contributed by atoms with Crippen molar-refractivity contribution in [2.75, 3.05) is 5.32 Å². The number of ether oxygens (including phenoxy) is 1. The number of aryl methyl sites for hydroxylation is 1. The predicted molar refractivity (Wildman–Crippen MR) is 123 cm³/mol. The van der Waals surface area contributed by atoms with Crippen molar-refractivity contribution in [1.29, 1.82) is 0 Å². The zero-order chi connectivity index (χ0) is 24.9. The summed E-state index contributed by atoms with van der Waals surface area (Å²) in [6, 6.07) is 13.1. The molecule has 0 aliphatic rings. The lowest BCUT2D eigenvalue weighted by Crippen LogP contribution is -2.18. The lowest BCUT2D eigenvalue weighted by molar-refractivity contribution is -0.137. The van der Waals surface area contributed by atoms with Crippen LogP contribution in [0.1, 0.15) is 52.5 Å². The second-order valence-electron chi connectivity index (χ2n) is 7.62. The van der Waals surface area contributed by atoms with Crippen LogP contribution >= 0.6 is 0 Å². The van der Waals surface area contributed by atoms with Gasteiger partial charge in [-0.1, -0.05) is 37.8 Å². The molecule has 0 atom stereocenters. The van der Waals surface area contributed by atoms with E-state index >= 15 is 0 Å². The normalized spacial score (nSPS) is 11.1. The molecule has 3 aromatic rings. The van der Waals surface area contributed by atoms with Gasteiger partial charge in [0, 0.05) is 18.3 Å². The third-order valence-corrected chi connectivity index (χ3v) is 5.02. The van der Waals surface area contributed by atoms with Crippen molar-refractivity contribution in [1.82, 2.24) is 4.98 Å². The maximum atomic E-state index is 13.0. The minimum atomic E-state index is -4.45. The first-order valence-corrected chi connectivity index (χ1v) is 10.5. The molecule has 1 amide bonds. The van der Waals surface area contributed by atoms with Crippen LogP contribution in [0, 0.1) is 6.92 Å². The summed E-state index contributed by atoms with van der Waals surface area (Å²) in [6.45, 7) is 7.46. The van der Waals surface area contributed by atoms with Crippen molar-refractivity contribution in [3.05, 3.63) is 95.3 Å². The zero-order valence-electron chi connectivity index (χ0n) is 18.7. The third kappa shape index (κ3) is 5.89. The van der Waals surface area contributed by atoms with Crippen LogP contribution < -0.4 is 10.1 Å².